The number of amides is 3. The van der Waals surface area contributed by atoms with E-state index in [1.54, 1.807) is 18.2 Å². The maximum Gasteiger partial charge on any atom is 0.341 e. The maximum atomic E-state index is 11.8. The highest BCUT2D eigenvalue weighted by molar-refractivity contribution is 5.95. The minimum Gasteiger partial charge on any atom is -0.483 e. The van der Waals surface area contributed by atoms with Crippen molar-refractivity contribution in [2.75, 3.05) is 13.7 Å². The highest BCUT2D eigenvalue weighted by Crippen LogP contribution is 2.19. The number of carbonyl (C=O) groups excluding carboxylic acids is 3. The molecule has 3 amide bonds. The minimum atomic E-state index is -0.581. The summed E-state index contributed by atoms with van der Waals surface area (Å²) in [6.45, 7) is -0.369. The van der Waals surface area contributed by atoms with Crippen molar-refractivity contribution in [1.82, 2.24) is 10.6 Å². The van der Waals surface area contributed by atoms with Gasteiger partial charge in [0.1, 0.15) is 11.3 Å². The van der Waals surface area contributed by atoms with E-state index >= 15 is 0 Å². The van der Waals surface area contributed by atoms with Gasteiger partial charge in [0.25, 0.3) is 5.91 Å². The Balaban J connectivity index is 1.80. The van der Waals surface area contributed by atoms with Crippen LogP contribution in [0.25, 0.3) is 0 Å². The zero-order valence-electron chi connectivity index (χ0n) is 13.7. The number of benzene rings is 1. The first kappa shape index (κ1) is 17.8. The maximum absolute atomic E-state index is 11.8. The number of ether oxygens (including phenoxy) is 2. The molecule has 1 aromatic rings. The first-order valence-corrected chi connectivity index (χ1v) is 8.00. The summed E-state index contributed by atoms with van der Waals surface area (Å²) in [5, 5.41) is 5.02. The molecule has 0 saturated heterocycles. The van der Waals surface area contributed by atoms with E-state index in [2.05, 4.69) is 15.4 Å². The Morgan fingerprint density at radius 1 is 1.12 bits per heavy atom. The standard InChI is InChI=1S/C17H22N2O5/c1-23-16(21)13-9-5-6-10-14(13)24-11-15(20)19-17(22)18-12-7-3-2-4-8-12/h5-6,9-10,12H,2-4,7-8,11H2,1H3,(H2,18,19,20,22). The molecule has 0 spiro atoms. The SMILES string of the molecule is COC(=O)c1ccccc1OCC(=O)NC(=O)NC1CCCCC1. The van der Waals surface area contributed by atoms with Crippen molar-refractivity contribution < 1.29 is 23.9 Å². The van der Waals surface area contributed by atoms with Gasteiger partial charge in [0.05, 0.1) is 7.11 Å². The van der Waals surface area contributed by atoms with Gasteiger partial charge in [-0.05, 0) is 25.0 Å². The number of urea groups is 1. The third-order valence-corrected chi connectivity index (χ3v) is 3.84. The number of imide groups is 1. The lowest BCUT2D eigenvalue weighted by molar-refractivity contribution is -0.122. The van der Waals surface area contributed by atoms with Gasteiger partial charge in [0.15, 0.2) is 6.61 Å². The lowest BCUT2D eigenvalue weighted by atomic mass is 9.96. The Bertz CT molecular complexity index is 596. The van der Waals surface area contributed by atoms with Crippen LogP contribution < -0.4 is 15.4 Å². The first-order valence-electron chi connectivity index (χ1n) is 8.00. The topological polar surface area (TPSA) is 93.7 Å². The van der Waals surface area contributed by atoms with E-state index in [0.717, 1.165) is 25.7 Å². The van der Waals surface area contributed by atoms with Crippen molar-refractivity contribution in [3.63, 3.8) is 0 Å². The van der Waals surface area contributed by atoms with Gasteiger partial charge in [-0.15, -0.1) is 0 Å². The molecule has 0 unspecified atom stereocenters. The zero-order valence-corrected chi connectivity index (χ0v) is 13.7. The normalized spacial score (nSPS) is 14.5. The summed E-state index contributed by atoms with van der Waals surface area (Å²) in [6.07, 6.45) is 5.24. The van der Waals surface area contributed by atoms with E-state index in [0.29, 0.717) is 0 Å². The fraction of sp³-hybridized carbons (Fsp3) is 0.471. The molecule has 1 aliphatic rings. The van der Waals surface area contributed by atoms with E-state index in [9.17, 15) is 14.4 Å². The Hall–Kier alpha value is -2.57. The average molecular weight is 334 g/mol. The van der Waals surface area contributed by atoms with Gasteiger partial charge in [0, 0.05) is 6.04 Å². The second-order valence-corrected chi connectivity index (χ2v) is 5.63. The number of carbonyl (C=O) groups is 3. The minimum absolute atomic E-state index is 0.118. The molecule has 2 N–H and O–H groups in total. The molecule has 7 nitrogen and oxygen atoms in total. The summed E-state index contributed by atoms with van der Waals surface area (Å²) in [5.74, 6) is -0.906. The van der Waals surface area contributed by atoms with Crippen molar-refractivity contribution in [3.8, 4) is 5.75 Å². The van der Waals surface area contributed by atoms with Crippen molar-refractivity contribution >= 4 is 17.9 Å². The van der Waals surface area contributed by atoms with Crippen LogP contribution in [0.2, 0.25) is 0 Å². The summed E-state index contributed by atoms with van der Waals surface area (Å²) in [4.78, 5) is 35.2. The van der Waals surface area contributed by atoms with E-state index in [1.807, 2.05) is 0 Å². The van der Waals surface area contributed by atoms with E-state index in [-0.39, 0.29) is 24.0 Å². The molecule has 1 aliphatic carbocycles. The molecule has 2 rings (SSSR count). The first-order chi connectivity index (χ1) is 11.6. The number of para-hydroxylation sites is 1. The predicted octanol–water partition coefficient (Wildman–Crippen LogP) is 2.01. The summed E-state index contributed by atoms with van der Waals surface area (Å²) < 4.78 is 9.97. The smallest absolute Gasteiger partial charge is 0.341 e. The third kappa shape index (κ3) is 5.26. The fourth-order valence-corrected chi connectivity index (χ4v) is 2.65. The summed E-state index contributed by atoms with van der Waals surface area (Å²) >= 11 is 0. The largest absolute Gasteiger partial charge is 0.483 e. The van der Waals surface area contributed by atoms with Crippen LogP contribution in [0.15, 0.2) is 24.3 Å². The number of methoxy groups -OCH3 is 1. The predicted molar refractivity (Wildman–Crippen MR) is 86.8 cm³/mol. The van der Waals surface area contributed by atoms with Crippen LogP contribution in [0.5, 0.6) is 5.75 Å². The molecule has 1 fully saturated rings. The number of rotatable bonds is 5. The molecule has 0 aromatic heterocycles. The number of esters is 1. The Labute approximate surface area is 140 Å². The summed E-state index contributed by atoms with van der Waals surface area (Å²) in [6, 6.07) is 6.03. The van der Waals surface area contributed by atoms with Crippen molar-refractivity contribution in [3.05, 3.63) is 29.8 Å². The second-order valence-electron chi connectivity index (χ2n) is 5.63. The van der Waals surface area contributed by atoms with Gasteiger partial charge in [-0.25, -0.2) is 9.59 Å². The van der Waals surface area contributed by atoms with Gasteiger partial charge < -0.3 is 14.8 Å². The van der Waals surface area contributed by atoms with Crippen LogP contribution in [-0.2, 0) is 9.53 Å². The molecule has 0 aliphatic heterocycles. The van der Waals surface area contributed by atoms with E-state index < -0.39 is 17.9 Å². The van der Waals surface area contributed by atoms with Crippen LogP contribution in [-0.4, -0.2) is 37.7 Å². The molecule has 0 atom stereocenters. The van der Waals surface area contributed by atoms with Gasteiger partial charge in [-0.3, -0.25) is 10.1 Å². The Kier molecular flexibility index (Phi) is 6.60. The van der Waals surface area contributed by atoms with Gasteiger partial charge in [-0.1, -0.05) is 31.4 Å². The van der Waals surface area contributed by atoms with Crippen LogP contribution >= 0.6 is 0 Å². The van der Waals surface area contributed by atoms with Crippen molar-refractivity contribution in [2.24, 2.45) is 0 Å². The molecule has 1 saturated carbocycles. The molecule has 1 aromatic carbocycles. The van der Waals surface area contributed by atoms with Gasteiger partial charge in [-0.2, -0.15) is 0 Å². The molecule has 130 valence electrons. The number of hydrogen-bond acceptors (Lipinski definition) is 5. The highest BCUT2D eigenvalue weighted by Gasteiger charge is 2.18. The van der Waals surface area contributed by atoms with E-state index in [1.165, 1.54) is 19.6 Å². The monoisotopic (exact) mass is 334 g/mol. The molecule has 0 heterocycles. The van der Waals surface area contributed by atoms with Crippen molar-refractivity contribution in [1.29, 1.82) is 0 Å². The van der Waals surface area contributed by atoms with Crippen LogP contribution in [0.3, 0.4) is 0 Å². The highest BCUT2D eigenvalue weighted by atomic mass is 16.5. The van der Waals surface area contributed by atoms with Crippen molar-refractivity contribution in [2.45, 2.75) is 38.1 Å². The second kappa shape index (κ2) is 8.90. The third-order valence-electron chi connectivity index (χ3n) is 3.84. The molecular weight excluding hydrogens is 312 g/mol. The summed E-state index contributed by atoms with van der Waals surface area (Å²) in [7, 11) is 1.27. The summed E-state index contributed by atoms with van der Waals surface area (Å²) in [5.41, 5.74) is 0.222. The quantitative estimate of drug-likeness (QED) is 0.804. The van der Waals surface area contributed by atoms with Crippen LogP contribution in [0.1, 0.15) is 42.5 Å². The lowest BCUT2D eigenvalue weighted by Gasteiger charge is -2.22. The Morgan fingerprint density at radius 2 is 1.83 bits per heavy atom. The number of nitrogens with one attached hydrogen (secondary N) is 2. The number of hydrogen-bond donors (Lipinski definition) is 2. The van der Waals surface area contributed by atoms with Crippen LogP contribution in [0.4, 0.5) is 4.79 Å². The fourth-order valence-electron chi connectivity index (χ4n) is 2.65. The zero-order chi connectivity index (χ0) is 17.4. The lowest BCUT2D eigenvalue weighted by Crippen LogP contribution is -2.46. The molecular formula is C17H22N2O5. The van der Waals surface area contributed by atoms with Gasteiger partial charge >= 0.3 is 12.0 Å². The average Bonchev–Trinajstić information content (AvgIpc) is 2.60. The molecule has 24 heavy (non-hydrogen) atoms. The van der Waals surface area contributed by atoms with Gasteiger partial charge in [0.2, 0.25) is 0 Å². The Morgan fingerprint density at radius 3 is 2.54 bits per heavy atom. The molecule has 0 bridgehead atoms. The van der Waals surface area contributed by atoms with E-state index in [4.69, 9.17) is 4.74 Å². The van der Waals surface area contributed by atoms with Crippen LogP contribution in [0, 0.1) is 0 Å². The molecule has 0 radical (unpaired) electrons. The molecule has 7 heteroatoms.